The van der Waals surface area contributed by atoms with E-state index in [1.54, 1.807) is 6.07 Å². The van der Waals surface area contributed by atoms with Gasteiger partial charge in [0.15, 0.2) is 5.58 Å². The van der Waals surface area contributed by atoms with Crippen LogP contribution >= 0.6 is 11.8 Å². The zero-order chi connectivity index (χ0) is 15.7. The lowest BCUT2D eigenvalue weighted by Gasteiger charge is -2.07. The molecule has 3 rings (SSSR count). The van der Waals surface area contributed by atoms with E-state index in [2.05, 4.69) is 4.98 Å². The van der Waals surface area contributed by atoms with Crippen molar-refractivity contribution in [2.75, 3.05) is 14.1 Å². The lowest BCUT2D eigenvalue weighted by Crippen LogP contribution is -2.21. The molecule has 2 aromatic heterocycles. The van der Waals surface area contributed by atoms with Crippen LogP contribution < -0.4 is 0 Å². The first kappa shape index (κ1) is 15.1. The molecular weight excluding hydrogens is 324 g/mol. The topological polar surface area (TPSA) is 76.6 Å². The number of fused-ring (bicyclic) bond motifs is 1. The van der Waals surface area contributed by atoms with E-state index in [0.29, 0.717) is 16.7 Å². The summed E-state index contributed by atoms with van der Waals surface area (Å²) in [6.07, 6.45) is 0. The summed E-state index contributed by atoms with van der Waals surface area (Å²) in [4.78, 5) is 4.34. The molecule has 3 aromatic rings. The van der Waals surface area contributed by atoms with Crippen molar-refractivity contribution in [3.8, 4) is 0 Å². The highest BCUT2D eigenvalue weighted by atomic mass is 32.2. The quantitative estimate of drug-likeness (QED) is 0.666. The van der Waals surface area contributed by atoms with E-state index in [0.717, 1.165) is 15.4 Å². The monoisotopic (exact) mass is 338 g/mol. The molecule has 22 heavy (non-hydrogen) atoms. The van der Waals surface area contributed by atoms with E-state index in [1.165, 1.54) is 31.9 Å². The van der Waals surface area contributed by atoms with Gasteiger partial charge in [-0.05, 0) is 24.3 Å². The highest BCUT2D eigenvalue weighted by Gasteiger charge is 2.21. The molecule has 0 N–H and O–H groups in total. The van der Waals surface area contributed by atoms with Crippen LogP contribution in [0.4, 0.5) is 0 Å². The zero-order valence-corrected chi connectivity index (χ0v) is 13.6. The van der Waals surface area contributed by atoms with Gasteiger partial charge >= 0.3 is 0 Å². The number of para-hydroxylation sites is 2. The van der Waals surface area contributed by atoms with Crippen LogP contribution in [-0.2, 0) is 15.8 Å². The van der Waals surface area contributed by atoms with Crippen molar-refractivity contribution < 1.29 is 17.3 Å². The Hall–Kier alpha value is -1.77. The summed E-state index contributed by atoms with van der Waals surface area (Å²) in [5.41, 5.74) is 1.51. The van der Waals surface area contributed by atoms with Gasteiger partial charge in [0.1, 0.15) is 11.3 Å². The van der Waals surface area contributed by atoms with Crippen LogP contribution in [0.25, 0.3) is 11.1 Å². The Morgan fingerprint density at radius 1 is 1.14 bits per heavy atom. The summed E-state index contributed by atoms with van der Waals surface area (Å²) in [7, 11) is -0.615. The average molecular weight is 338 g/mol. The number of oxazole rings is 1. The molecule has 0 aliphatic heterocycles. The number of thioether (sulfide) groups is 1. The summed E-state index contributed by atoms with van der Waals surface area (Å²) in [5.74, 6) is 0.989. The normalized spacial score (nSPS) is 12.3. The van der Waals surface area contributed by atoms with Crippen LogP contribution in [0.1, 0.15) is 5.76 Å². The molecule has 0 aliphatic rings. The summed E-state index contributed by atoms with van der Waals surface area (Å²) in [6, 6.07) is 10.6. The van der Waals surface area contributed by atoms with E-state index in [-0.39, 0.29) is 5.09 Å². The van der Waals surface area contributed by atoms with Crippen molar-refractivity contribution in [2.24, 2.45) is 0 Å². The third-order valence-corrected chi connectivity index (χ3v) is 5.52. The van der Waals surface area contributed by atoms with E-state index >= 15 is 0 Å². The number of hydrogen-bond acceptors (Lipinski definition) is 6. The van der Waals surface area contributed by atoms with Gasteiger partial charge in [0.05, 0.1) is 5.75 Å². The highest BCUT2D eigenvalue weighted by molar-refractivity contribution is 7.98. The van der Waals surface area contributed by atoms with Crippen molar-refractivity contribution in [2.45, 2.75) is 16.1 Å². The van der Waals surface area contributed by atoms with E-state index < -0.39 is 10.0 Å². The second-order valence-corrected chi connectivity index (χ2v) is 7.75. The molecule has 0 atom stereocenters. The summed E-state index contributed by atoms with van der Waals surface area (Å²) < 4.78 is 35.9. The second-order valence-electron chi connectivity index (χ2n) is 4.74. The van der Waals surface area contributed by atoms with Crippen molar-refractivity contribution >= 4 is 32.9 Å². The predicted molar refractivity (Wildman–Crippen MR) is 83.2 cm³/mol. The summed E-state index contributed by atoms with van der Waals surface area (Å²) >= 11 is 1.35. The molecule has 0 saturated heterocycles. The Balaban J connectivity index is 1.73. The Morgan fingerprint density at radius 2 is 1.91 bits per heavy atom. The summed E-state index contributed by atoms with van der Waals surface area (Å²) in [5, 5.41) is 0.459. The van der Waals surface area contributed by atoms with Gasteiger partial charge in [-0.2, -0.15) is 0 Å². The Labute approximate surface area is 132 Å². The molecule has 0 radical (unpaired) electrons. The molecule has 0 saturated carbocycles. The third-order valence-electron chi connectivity index (χ3n) is 2.98. The van der Waals surface area contributed by atoms with Gasteiger partial charge in [0.25, 0.3) is 15.2 Å². The first-order valence-electron chi connectivity index (χ1n) is 6.46. The minimum Gasteiger partial charge on any atom is -0.447 e. The minimum atomic E-state index is -3.54. The maximum Gasteiger partial charge on any atom is 0.275 e. The molecule has 0 aliphatic carbocycles. The predicted octanol–water partition coefficient (Wildman–Crippen LogP) is 2.96. The Kier molecular flexibility index (Phi) is 3.98. The molecule has 0 fully saturated rings. The lowest BCUT2D eigenvalue weighted by molar-refractivity contribution is 0.407. The fourth-order valence-corrected chi connectivity index (χ4v) is 3.34. The van der Waals surface area contributed by atoms with Crippen LogP contribution in [0.3, 0.4) is 0 Å². The van der Waals surface area contributed by atoms with Crippen LogP contribution in [-0.4, -0.2) is 31.8 Å². The largest absolute Gasteiger partial charge is 0.447 e. The number of rotatable bonds is 5. The fraction of sp³-hybridized carbons (Fsp3) is 0.214. The third kappa shape index (κ3) is 2.90. The number of furan rings is 1. The standard InChI is InChI=1S/C14H14N2O4S2/c1-16(2)22(17,18)13-8-7-10(19-13)9-21-14-15-11-5-3-4-6-12(11)20-14/h3-8H,9H2,1-2H3. The van der Waals surface area contributed by atoms with Crippen LogP contribution in [0.2, 0.25) is 0 Å². The van der Waals surface area contributed by atoms with E-state index in [1.807, 2.05) is 24.3 Å². The molecule has 2 heterocycles. The van der Waals surface area contributed by atoms with Gasteiger partial charge in [-0.3, -0.25) is 0 Å². The highest BCUT2D eigenvalue weighted by Crippen LogP contribution is 2.27. The molecule has 6 nitrogen and oxygen atoms in total. The molecule has 1 aromatic carbocycles. The molecule has 0 spiro atoms. The van der Waals surface area contributed by atoms with Crippen LogP contribution in [0, 0.1) is 0 Å². The molecule has 0 amide bonds. The molecular formula is C14H14N2O4S2. The number of benzene rings is 1. The number of nitrogens with zero attached hydrogens (tertiary/aromatic N) is 2. The first-order valence-corrected chi connectivity index (χ1v) is 8.89. The van der Waals surface area contributed by atoms with Gasteiger partial charge in [-0.15, -0.1) is 0 Å². The maximum absolute atomic E-state index is 11.9. The molecule has 0 bridgehead atoms. The van der Waals surface area contributed by atoms with Gasteiger partial charge < -0.3 is 8.83 Å². The van der Waals surface area contributed by atoms with Crippen LogP contribution in [0.5, 0.6) is 0 Å². The number of hydrogen-bond donors (Lipinski definition) is 0. The van der Waals surface area contributed by atoms with E-state index in [4.69, 9.17) is 8.83 Å². The molecule has 0 unspecified atom stereocenters. The Bertz CT molecular complexity index is 863. The minimum absolute atomic E-state index is 0.0642. The van der Waals surface area contributed by atoms with Crippen molar-refractivity contribution in [3.05, 3.63) is 42.2 Å². The number of sulfonamides is 1. The van der Waals surface area contributed by atoms with Gasteiger partial charge in [0.2, 0.25) is 5.09 Å². The SMILES string of the molecule is CN(C)S(=O)(=O)c1ccc(CSc2nc3ccccc3o2)o1. The maximum atomic E-state index is 11.9. The second kappa shape index (κ2) is 5.79. The average Bonchev–Trinajstić information content (AvgIpc) is 3.11. The van der Waals surface area contributed by atoms with Gasteiger partial charge in [0, 0.05) is 14.1 Å². The van der Waals surface area contributed by atoms with Crippen molar-refractivity contribution in [1.29, 1.82) is 0 Å². The molecule has 8 heteroatoms. The number of aromatic nitrogens is 1. The Morgan fingerprint density at radius 3 is 2.64 bits per heavy atom. The summed E-state index contributed by atoms with van der Waals surface area (Å²) in [6.45, 7) is 0. The van der Waals surface area contributed by atoms with Gasteiger partial charge in [-0.25, -0.2) is 17.7 Å². The fourth-order valence-electron chi connectivity index (χ4n) is 1.80. The van der Waals surface area contributed by atoms with Gasteiger partial charge in [-0.1, -0.05) is 23.9 Å². The van der Waals surface area contributed by atoms with Crippen molar-refractivity contribution in [3.63, 3.8) is 0 Å². The van der Waals surface area contributed by atoms with Crippen molar-refractivity contribution in [1.82, 2.24) is 9.29 Å². The van der Waals surface area contributed by atoms with Crippen LogP contribution in [0.15, 0.2) is 55.5 Å². The lowest BCUT2D eigenvalue weighted by atomic mass is 10.3. The molecule has 116 valence electrons. The zero-order valence-electron chi connectivity index (χ0n) is 12.0. The first-order chi connectivity index (χ1) is 10.5. The van der Waals surface area contributed by atoms with E-state index in [9.17, 15) is 8.42 Å². The smallest absolute Gasteiger partial charge is 0.275 e.